The van der Waals surface area contributed by atoms with Crippen LogP contribution < -0.4 is 4.74 Å². The fourth-order valence-corrected chi connectivity index (χ4v) is 1.20. The molecule has 0 aliphatic heterocycles. The molecular formula is C12H7FO3. The van der Waals surface area contributed by atoms with Crippen molar-refractivity contribution in [3.63, 3.8) is 0 Å². The van der Waals surface area contributed by atoms with Crippen molar-refractivity contribution >= 4 is 11.6 Å². The first kappa shape index (κ1) is 10.3. The minimum atomic E-state index is -0.396. The van der Waals surface area contributed by atoms with Crippen LogP contribution in [-0.4, -0.2) is 11.6 Å². The molecule has 0 radical (unpaired) electrons. The van der Waals surface area contributed by atoms with Gasteiger partial charge in [0.05, 0.1) is 0 Å². The number of allylic oxidation sites excluding steroid dienone is 3. The summed E-state index contributed by atoms with van der Waals surface area (Å²) in [6.07, 6.45) is 3.41. The lowest BCUT2D eigenvalue weighted by atomic mass is 10.1. The maximum absolute atomic E-state index is 12.6. The molecule has 0 spiro atoms. The van der Waals surface area contributed by atoms with Crippen molar-refractivity contribution in [3.8, 4) is 5.75 Å². The second kappa shape index (κ2) is 4.10. The predicted molar refractivity (Wildman–Crippen MR) is 54.3 cm³/mol. The Bertz CT molecular complexity index is 498. The minimum absolute atomic E-state index is 0.0564. The number of ketones is 2. The van der Waals surface area contributed by atoms with Crippen LogP contribution in [0.1, 0.15) is 0 Å². The van der Waals surface area contributed by atoms with Crippen LogP contribution in [0.4, 0.5) is 4.39 Å². The van der Waals surface area contributed by atoms with E-state index in [1.54, 1.807) is 0 Å². The Kier molecular flexibility index (Phi) is 2.64. The lowest BCUT2D eigenvalue weighted by molar-refractivity contribution is -0.116. The topological polar surface area (TPSA) is 43.4 Å². The van der Waals surface area contributed by atoms with Crippen LogP contribution in [0.25, 0.3) is 0 Å². The number of carbonyl (C=O) groups excluding carboxylic acids is 2. The van der Waals surface area contributed by atoms with Gasteiger partial charge in [-0.3, -0.25) is 9.59 Å². The zero-order chi connectivity index (χ0) is 11.5. The zero-order valence-electron chi connectivity index (χ0n) is 8.14. The lowest BCUT2D eigenvalue weighted by Crippen LogP contribution is -2.12. The number of hydrogen-bond donors (Lipinski definition) is 0. The Morgan fingerprint density at radius 3 is 2.38 bits per heavy atom. The highest BCUT2D eigenvalue weighted by Gasteiger charge is 2.15. The molecular weight excluding hydrogens is 211 g/mol. The second-order valence-corrected chi connectivity index (χ2v) is 3.16. The Hall–Kier alpha value is -2.23. The number of benzene rings is 1. The zero-order valence-corrected chi connectivity index (χ0v) is 8.14. The molecule has 0 heterocycles. The van der Waals surface area contributed by atoms with Crippen molar-refractivity contribution in [2.45, 2.75) is 0 Å². The van der Waals surface area contributed by atoms with Gasteiger partial charge in [0.25, 0.3) is 0 Å². The molecule has 0 bridgehead atoms. The molecule has 0 amide bonds. The summed E-state index contributed by atoms with van der Waals surface area (Å²) in [5.41, 5.74) is 0. The Balaban J connectivity index is 2.18. The highest BCUT2D eigenvalue weighted by Crippen LogP contribution is 2.16. The van der Waals surface area contributed by atoms with Gasteiger partial charge < -0.3 is 4.74 Å². The fraction of sp³-hybridized carbons (Fsp3) is 0. The first-order chi connectivity index (χ1) is 7.65. The average molecular weight is 218 g/mol. The predicted octanol–water partition coefficient (Wildman–Crippen LogP) is 1.80. The van der Waals surface area contributed by atoms with Crippen LogP contribution in [0.2, 0.25) is 0 Å². The molecule has 0 aromatic heterocycles. The SMILES string of the molecule is O=C1C=CC(=O)C(Oc2ccc(F)cc2)=C1. The van der Waals surface area contributed by atoms with E-state index in [1.807, 2.05) is 0 Å². The molecule has 0 fully saturated rings. The summed E-state index contributed by atoms with van der Waals surface area (Å²) in [5, 5.41) is 0. The third-order valence-corrected chi connectivity index (χ3v) is 1.96. The molecule has 1 aromatic carbocycles. The smallest absolute Gasteiger partial charge is 0.221 e. The van der Waals surface area contributed by atoms with Gasteiger partial charge in [0.15, 0.2) is 11.5 Å². The number of ether oxygens (including phenoxy) is 1. The van der Waals surface area contributed by atoms with Gasteiger partial charge in [-0.2, -0.15) is 0 Å². The van der Waals surface area contributed by atoms with Crippen molar-refractivity contribution in [2.75, 3.05) is 0 Å². The molecule has 0 saturated heterocycles. The summed E-state index contributed by atoms with van der Waals surface area (Å²) in [7, 11) is 0. The molecule has 80 valence electrons. The first-order valence-corrected chi connectivity index (χ1v) is 4.56. The van der Waals surface area contributed by atoms with E-state index in [2.05, 4.69) is 0 Å². The standard InChI is InChI=1S/C12H7FO3/c13-8-1-4-10(5-2-8)16-12-7-9(14)3-6-11(12)15/h1-7H. The summed E-state index contributed by atoms with van der Waals surface area (Å²) in [5.74, 6) is -0.837. The summed E-state index contributed by atoms with van der Waals surface area (Å²) in [6.45, 7) is 0. The average Bonchev–Trinajstić information content (AvgIpc) is 2.27. The third-order valence-electron chi connectivity index (χ3n) is 1.96. The van der Waals surface area contributed by atoms with Crippen LogP contribution in [0, 0.1) is 5.82 Å². The third kappa shape index (κ3) is 2.23. The van der Waals surface area contributed by atoms with E-state index in [0.717, 1.165) is 12.2 Å². The van der Waals surface area contributed by atoms with Crippen LogP contribution in [0.3, 0.4) is 0 Å². The first-order valence-electron chi connectivity index (χ1n) is 4.56. The maximum Gasteiger partial charge on any atom is 0.221 e. The molecule has 1 aromatic rings. The Morgan fingerprint density at radius 2 is 1.69 bits per heavy atom. The lowest BCUT2D eigenvalue weighted by Gasteiger charge is -2.08. The normalized spacial score (nSPS) is 14.9. The number of halogens is 1. The van der Waals surface area contributed by atoms with E-state index in [9.17, 15) is 14.0 Å². The molecule has 0 N–H and O–H groups in total. The molecule has 0 saturated carbocycles. The molecule has 2 rings (SSSR count). The quantitative estimate of drug-likeness (QED) is 0.711. The number of carbonyl (C=O) groups is 2. The molecule has 4 heteroatoms. The summed E-state index contributed by atoms with van der Waals surface area (Å²) in [4.78, 5) is 22.3. The number of hydrogen-bond acceptors (Lipinski definition) is 3. The van der Waals surface area contributed by atoms with Gasteiger partial charge >= 0.3 is 0 Å². The second-order valence-electron chi connectivity index (χ2n) is 3.16. The van der Waals surface area contributed by atoms with Gasteiger partial charge in [0.1, 0.15) is 11.6 Å². The Morgan fingerprint density at radius 1 is 1.00 bits per heavy atom. The fourth-order valence-electron chi connectivity index (χ4n) is 1.20. The van der Waals surface area contributed by atoms with Crippen molar-refractivity contribution in [2.24, 2.45) is 0 Å². The molecule has 16 heavy (non-hydrogen) atoms. The largest absolute Gasteiger partial charge is 0.453 e. The maximum atomic E-state index is 12.6. The van der Waals surface area contributed by atoms with E-state index >= 15 is 0 Å². The molecule has 0 atom stereocenters. The van der Waals surface area contributed by atoms with E-state index < -0.39 is 5.82 Å². The van der Waals surface area contributed by atoms with Crippen molar-refractivity contribution in [1.29, 1.82) is 0 Å². The van der Waals surface area contributed by atoms with Gasteiger partial charge in [-0.05, 0) is 36.4 Å². The van der Waals surface area contributed by atoms with E-state index in [1.165, 1.54) is 30.3 Å². The van der Waals surface area contributed by atoms with Gasteiger partial charge in [-0.1, -0.05) is 0 Å². The van der Waals surface area contributed by atoms with Crippen molar-refractivity contribution in [3.05, 3.63) is 54.1 Å². The van der Waals surface area contributed by atoms with Gasteiger partial charge in [-0.15, -0.1) is 0 Å². The molecule has 3 nitrogen and oxygen atoms in total. The van der Waals surface area contributed by atoms with Crippen molar-refractivity contribution < 1.29 is 18.7 Å². The van der Waals surface area contributed by atoms with Gasteiger partial charge in [0, 0.05) is 6.08 Å². The summed E-state index contributed by atoms with van der Waals surface area (Å²) in [6, 6.07) is 5.18. The van der Waals surface area contributed by atoms with E-state index in [-0.39, 0.29) is 17.3 Å². The highest BCUT2D eigenvalue weighted by molar-refractivity contribution is 6.16. The van der Waals surface area contributed by atoms with E-state index in [4.69, 9.17) is 4.74 Å². The van der Waals surface area contributed by atoms with Crippen LogP contribution >= 0.6 is 0 Å². The summed E-state index contributed by atoms with van der Waals surface area (Å²) >= 11 is 0. The van der Waals surface area contributed by atoms with Gasteiger partial charge in [-0.25, -0.2) is 4.39 Å². The highest BCUT2D eigenvalue weighted by atomic mass is 19.1. The monoisotopic (exact) mass is 218 g/mol. The van der Waals surface area contributed by atoms with Crippen LogP contribution in [0.5, 0.6) is 5.75 Å². The molecule has 1 aliphatic carbocycles. The molecule has 1 aliphatic rings. The van der Waals surface area contributed by atoms with Crippen LogP contribution in [-0.2, 0) is 9.59 Å². The van der Waals surface area contributed by atoms with E-state index in [0.29, 0.717) is 5.75 Å². The van der Waals surface area contributed by atoms with Crippen LogP contribution in [0.15, 0.2) is 48.3 Å². The summed E-state index contributed by atoms with van der Waals surface area (Å²) < 4.78 is 17.8. The number of rotatable bonds is 2. The Labute approximate surface area is 90.8 Å². The van der Waals surface area contributed by atoms with Gasteiger partial charge in [0.2, 0.25) is 5.78 Å². The minimum Gasteiger partial charge on any atom is -0.453 e. The van der Waals surface area contributed by atoms with Crippen molar-refractivity contribution in [1.82, 2.24) is 0 Å². The molecule has 0 unspecified atom stereocenters.